The van der Waals surface area contributed by atoms with Gasteiger partial charge in [0.15, 0.2) is 0 Å². The van der Waals surface area contributed by atoms with Crippen LogP contribution in [0.15, 0.2) is 18.2 Å². The van der Waals surface area contributed by atoms with Gasteiger partial charge in [-0.3, -0.25) is 4.79 Å². The molecule has 104 valence electrons. The second-order valence-corrected chi connectivity index (χ2v) is 5.26. The second kappa shape index (κ2) is 6.15. The van der Waals surface area contributed by atoms with Gasteiger partial charge in [-0.1, -0.05) is 12.1 Å². The van der Waals surface area contributed by atoms with Gasteiger partial charge in [0.2, 0.25) is 5.91 Å². The summed E-state index contributed by atoms with van der Waals surface area (Å²) in [5.41, 5.74) is 1.24. The Labute approximate surface area is 112 Å². The summed E-state index contributed by atoms with van der Waals surface area (Å²) in [6.45, 7) is 1.68. The van der Waals surface area contributed by atoms with Crippen LogP contribution in [0.2, 0.25) is 0 Å². The largest absolute Gasteiger partial charge is 0.388 e. The summed E-state index contributed by atoms with van der Waals surface area (Å²) in [6, 6.07) is 5.01. The van der Waals surface area contributed by atoms with Crippen LogP contribution in [0.5, 0.6) is 0 Å². The zero-order chi connectivity index (χ0) is 13.8. The van der Waals surface area contributed by atoms with Crippen molar-refractivity contribution in [2.45, 2.75) is 51.2 Å². The number of carbonyl (C=O) groups is 1. The lowest BCUT2D eigenvalue weighted by Gasteiger charge is -2.12. The minimum absolute atomic E-state index is 0.0602. The van der Waals surface area contributed by atoms with Gasteiger partial charge in [0.1, 0.15) is 5.82 Å². The molecule has 4 heteroatoms. The third kappa shape index (κ3) is 4.31. The number of aryl methyl sites for hydroxylation is 1. The Kier molecular flexibility index (Phi) is 4.53. The maximum atomic E-state index is 13.1. The summed E-state index contributed by atoms with van der Waals surface area (Å²) in [6.07, 6.45) is 3.13. The fourth-order valence-corrected chi connectivity index (χ4v) is 2.03. The molecule has 2 N–H and O–H groups in total. The topological polar surface area (TPSA) is 49.3 Å². The third-order valence-electron chi connectivity index (χ3n) is 3.39. The van der Waals surface area contributed by atoms with E-state index in [1.54, 1.807) is 19.1 Å². The zero-order valence-electron chi connectivity index (χ0n) is 11.2. The normalized spacial score (nSPS) is 16.2. The fourth-order valence-electron chi connectivity index (χ4n) is 2.03. The van der Waals surface area contributed by atoms with Gasteiger partial charge in [0, 0.05) is 12.5 Å². The van der Waals surface area contributed by atoms with E-state index < -0.39 is 6.10 Å². The van der Waals surface area contributed by atoms with E-state index >= 15 is 0 Å². The molecular formula is C15H20FNO2. The first-order valence-electron chi connectivity index (χ1n) is 6.79. The van der Waals surface area contributed by atoms with Gasteiger partial charge < -0.3 is 10.4 Å². The summed E-state index contributed by atoms with van der Waals surface area (Å²) in [7, 11) is 0. The van der Waals surface area contributed by atoms with Crippen molar-refractivity contribution in [3.63, 3.8) is 0 Å². The predicted molar refractivity (Wildman–Crippen MR) is 71.1 cm³/mol. The summed E-state index contributed by atoms with van der Waals surface area (Å²) in [4.78, 5) is 11.5. The Balaban J connectivity index is 1.75. The van der Waals surface area contributed by atoms with Crippen LogP contribution in [0, 0.1) is 12.7 Å². The molecule has 0 heterocycles. The van der Waals surface area contributed by atoms with Crippen LogP contribution in [0.4, 0.5) is 4.39 Å². The highest BCUT2D eigenvalue weighted by Gasteiger charge is 2.22. The van der Waals surface area contributed by atoms with Gasteiger partial charge in [0.05, 0.1) is 6.10 Å². The van der Waals surface area contributed by atoms with Crippen molar-refractivity contribution in [3.8, 4) is 0 Å². The van der Waals surface area contributed by atoms with Crippen LogP contribution in [0.3, 0.4) is 0 Å². The Morgan fingerprint density at radius 3 is 2.89 bits per heavy atom. The van der Waals surface area contributed by atoms with E-state index in [1.807, 2.05) is 0 Å². The molecule has 0 aliphatic heterocycles. The smallest absolute Gasteiger partial charge is 0.220 e. The van der Waals surface area contributed by atoms with Crippen LogP contribution in [0.1, 0.15) is 49.3 Å². The molecule has 1 atom stereocenters. The lowest BCUT2D eigenvalue weighted by Crippen LogP contribution is -2.24. The number of aliphatic hydroxyl groups excluding tert-OH is 1. The molecule has 0 saturated heterocycles. The minimum atomic E-state index is -0.631. The number of amides is 1. The van der Waals surface area contributed by atoms with Crippen molar-refractivity contribution in [2.75, 3.05) is 0 Å². The number of benzene rings is 1. The molecule has 0 radical (unpaired) electrons. The summed E-state index contributed by atoms with van der Waals surface area (Å²) in [5, 5.41) is 12.9. The third-order valence-corrected chi connectivity index (χ3v) is 3.39. The van der Waals surface area contributed by atoms with Crippen molar-refractivity contribution >= 4 is 5.91 Å². The van der Waals surface area contributed by atoms with Crippen LogP contribution in [0.25, 0.3) is 0 Å². The van der Waals surface area contributed by atoms with E-state index in [2.05, 4.69) is 5.32 Å². The summed E-state index contributed by atoms with van der Waals surface area (Å²) in [5.74, 6) is -0.204. The molecule has 0 aromatic heterocycles. The number of nitrogens with one attached hydrogen (secondary N) is 1. The molecule has 1 saturated carbocycles. The minimum Gasteiger partial charge on any atom is -0.388 e. The van der Waals surface area contributed by atoms with Crippen molar-refractivity contribution in [2.24, 2.45) is 0 Å². The monoisotopic (exact) mass is 265 g/mol. The van der Waals surface area contributed by atoms with Crippen molar-refractivity contribution in [1.29, 1.82) is 0 Å². The average Bonchev–Trinajstić information content (AvgIpc) is 3.16. The standard InChI is InChI=1S/C15H20FNO2/c1-10-9-11(5-8-13(10)16)14(18)3-2-4-15(19)17-12-6-7-12/h5,8-9,12,14,18H,2-4,6-7H2,1H3,(H,17,19). The average molecular weight is 265 g/mol. The van der Waals surface area contributed by atoms with Gasteiger partial charge in [-0.2, -0.15) is 0 Å². The zero-order valence-corrected chi connectivity index (χ0v) is 11.2. The molecule has 1 fully saturated rings. The van der Waals surface area contributed by atoms with E-state index in [0.29, 0.717) is 36.4 Å². The molecule has 2 rings (SSSR count). The van der Waals surface area contributed by atoms with E-state index in [0.717, 1.165) is 12.8 Å². The van der Waals surface area contributed by atoms with E-state index in [1.165, 1.54) is 6.07 Å². The SMILES string of the molecule is Cc1cc(C(O)CCCC(=O)NC2CC2)ccc1F. The predicted octanol–water partition coefficient (Wildman–Crippen LogP) is 2.62. The number of hydrogen-bond acceptors (Lipinski definition) is 2. The molecule has 1 aliphatic carbocycles. The number of carbonyl (C=O) groups excluding carboxylic acids is 1. The number of halogens is 1. The van der Waals surface area contributed by atoms with Crippen molar-refractivity contribution < 1.29 is 14.3 Å². The summed E-state index contributed by atoms with van der Waals surface area (Å²) >= 11 is 0. The lowest BCUT2D eigenvalue weighted by molar-refractivity contribution is -0.121. The molecule has 0 spiro atoms. The Bertz CT molecular complexity index is 457. The molecule has 1 unspecified atom stereocenters. The molecule has 1 aromatic rings. The van der Waals surface area contributed by atoms with E-state index in [4.69, 9.17) is 0 Å². The molecular weight excluding hydrogens is 245 g/mol. The highest BCUT2D eigenvalue weighted by Crippen LogP contribution is 2.22. The van der Waals surface area contributed by atoms with Crippen molar-refractivity contribution in [1.82, 2.24) is 5.32 Å². The molecule has 3 nitrogen and oxygen atoms in total. The van der Waals surface area contributed by atoms with Crippen LogP contribution < -0.4 is 5.32 Å². The summed E-state index contributed by atoms with van der Waals surface area (Å²) < 4.78 is 13.1. The first-order chi connectivity index (χ1) is 9.06. The van der Waals surface area contributed by atoms with Crippen molar-refractivity contribution in [3.05, 3.63) is 35.1 Å². The second-order valence-electron chi connectivity index (χ2n) is 5.26. The Morgan fingerprint density at radius 2 is 2.26 bits per heavy atom. The van der Waals surface area contributed by atoms with Gasteiger partial charge in [-0.05, 0) is 49.8 Å². The highest BCUT2D eigenvalue weighted by molar-refractivity contribution is 5.76. The van der Waals surface area contributed by atoms with E-state index in [9.17, 15) is 14.3 Å². The maximum absolute atomic E-state index is 13.1. The van der Waals surface area contributed by atoms with Crippen LogP contribution in [-0.4, -0.2) is 17.1 Å². The highest BCUT2D eigenvalue weighted by atomic mass is 19.1. The van der Waals surface area contributed by atoms with Gasteiger partial charge in [-0.25, -0.2) is 4.39 Å². The van der Waals surface area contributed by atoms with Gasteiger partial charge in [0.25, 0.3) is 0 Å². The molecule has 1 amide bonds. The van der Waals surface area contributed by atoms with Gasteiger partial charge >= 0.3 is 0 Å². The number of aliphatic hydroxyl groups is 1. The maximum Gasteiger partial charge on any atom is 0.220 e. The quantitative estimate of drug-likeness (QED) is 0.830. The Hall–Kier alpha value is -1.42. The van der Waals surface area contributed by atoms with Crippen LogP contribution >= 0.6 is 0 Å². The number of rotatable bonds is 6. The van der Waals surface area contributed by atoms with Gasteiger partial charge in [-0.15, -0.1) is 0 Å². The fraction of sp³-hybridized carbons (Fsp3) is 0.533. The number of hydrogen-bond donors (Lipinski definition) is 2. The first-order valence-corrected chi connectivity index (χ1v) is 6.79. The van der Waals surface area contributed by atoms with E-state index in [-0.39, 0.29) is 11.7 Å². The first kappa shape index (κ1) is 14.0. The van der Waals surface area contributed by atoms with Crippen LogP contribution in [-0.2, 0) is 4.79 Å². The molecule has 1 aliphatic rings. The molecule has 0 bridgehead atoms. The Morgan fingerprint density at radius 1 is 1.53 bits per heavy atom. The lowest BCUT2D eigenvalue weighted by atomic mass is 10.0. The molecule has 19 heavy (non-hydrogen) atoms. The molecule has 1 aromatic carbocycles.